The smallest absolute Gasteiger partial charge is 0.180 e. The van der Waals surface area contributed by atoms with Gasteiger partial charge in [-0.05, 0) is 32.0 Å². The van der Waals surface area contributed by atoms with E-state index in [-0.39, 0.29) is 6.61 Å². The van der Waals surface area contributed by atoms with Crippen molar-refractivity contribution in [3.8, 4) is 11.5 Å². The molecule has 2 heterocycles. The maximum atomic E-state index is 9.06. The molecule has 5 nitrogen and oxygen atoms in total. The van der Waals surface area contributed by atoms with Crippen molar-refractivity contribution in [3.63, 3.8) is 0 Å². The van der Waals surface area contributed by atoms with Gasteiger partial charge in [-0.3, -0.25) is 0 Å². The Morgan fingerprint density at radius 2 is 1.76 bits per heavy atom. The van der Waals surface area contributed by atoms with Crippen LogP contribution in [0.5, 0.6) is 0 Å². The molecule has 0 saturated heterocycles. The number of nitrogens with zero attached hydrogens (tertiary/aromatic N) is 3. The fourth-order valence-electron chi connectivity index (χ4n) is 1.61. The van der Waals surface area contributed by atoms with Crippen LogP contribution in [0.2, 0.25) is 0 Å². The van der Waals surface area contributed by atoms with Crippen LogP contribution in [-0.2, 0) is 6.61 Å². The zero-order valence-corrected chi connectivity index (χ0v) is 9.81. The molecule has 2 aromatic rings. The number of anilines is 1. The van der Waals surface area contributed by atoms with Crippen LogP contribution in [0.1, 0.15) is 17.1 Å². The molecule has 0 bridgehead atoms. The van der Waals surface area contributed by atoms with Crippen LogP contribution in [0.4, 0.5) is 5.69 Å². The van der Waals surface area contributed by atoms with Crippen LogP contribution in [0, 0.1) is 13.8 Å². The first kappa shape index (κ1) is 11.5. The summed E-state index contributed by atoms with van der Waals surface area (Å²) in [5.74, 6) is 0.496. The number of aliphatic hydroxyl groups excluding tert-OH is 1. The predicted molar refractivity (Wildman–Crippen MR) is 65.1 cm³/mol. The summed E-state index contributed by atoms with van der Waals surface area (Å²) in [6.45, 7) is 3.66. The number of nitrogen functional groups attached to an aromatic ring is 1. The molecule has 0 radical (unpaired) electrons. The first-order valence-electron chi connectivity index (χ1n) is 5.29. The summed E-state index contributed by atoms with van der Waals surface area (Å²) in [6.07, 6.45) is 0. The molecule has 0 amide bonds. The molecule has 2 rings (SSSR count). The lowest BCUT2D eigenvalue weighted by molar-refractivity contribution is 0.277. The van der Waals surface area contributed by atoms with Gasteiger partial charge in [-0.2, -0.15) is 0 Å². The molecule has 2 aromatic heterocycles. The topological polar surface area (TPSA) is 84.9 Å². The predicted octanol–water partition coefficient (Wildman–Crippen LogP) is 1.23. The van der Waals surface area contributed by atoms with Crippen molar-refractivity contribution in [1.82, 2.24) is 15.0 Å². The highest BCUT2D eigenvalue weighted by Gasteiger charge is 2.09. The minimum Gasteiger partial charge on any atom is -0.397 e. The number of hydrogen-bond acceptors (Lipinski definition) is 5. The second-order valence-corrected chi connectivity index (χ2v) is 3.87. The Balaban J connectivity index is 2.58. The third kappa shape index (κ3) is 2.39. The normalized spacial score (nSPS) is 10.5. The molecule has 0 fully saturated rings. The Bertz CT molecular complexity index is 534. The second kappa shape index (κ2) is 4.47. The Hall–Kier alpha value is -2.01. The Morgan fingerprint density at radius 1 is 1.12 bits per heavy atom. The van der Waals surface area contributed by atoms with E-state index in [0.29, 0.717) is 22.9 Å². The number of aryl methyl sites for hydroxylation is 2. The van der Waals surface area contributed by atoms with Crippen LogP contribution in [0.3, 0.4) is 0 Å². The average Bonchev–Trinajstić information content (AvgIpc) is 2.28. The minimum absolute atomic E-state index is 0.127. The quantitative estimate of drug-likeness (QED) is 0.810. The Kier molecular flexibility index (Phi) is 3.01. The first-order valence-corrected chi connectivity index (χ1v) is 5.29. The summed E-state index contributed by atoms with van der Waals surface area (Å²) in [7, 11) is 0. The molecule has 0 unspecified atom stereocenters. The third-order valence-electron chi connectivity index (χ3n) is 2.34. The summed E-state index contributed by atoms with van der Waals surface area (Å²) in [6, 6.07) is 5.27. The second-order valence-electron chi connectivity index (χ2n) is 3.87. The molecule has 0 spiro atoms. The number of pyridine rings is 1. The van der Waals surface area contributed by atoms with Crippen molar-refractivity contribution in [2.75, 3.05) is 5.73 Å². The van der Waals surface area contributed by atoms with Crippen molar-refractivity contribution in [3.05, 3.63) is 35.3 Å². The summed E-state index contributed by atoms with van der Waals surface area (Å²) in [4.78, 5) is 12.9. The van der Waals surface area contributed by atoms with Gasteiger partial charge in [-0.25, -0.2) is 15.0 Å². The van der Waals surface area contributed by atoms with E-state index in [9.17, 15) is 0 Å². The highest BCUT2D eigenvalue weighted by Crippen LogP contribution is 2.21. The monoisotopic (exact) mass is 230 g/mol. The van der Waals surface area contributed by atoms with Gasteiger partial charge in [0.2, 0.25) is 0 Å². The molecule has 0 aliphatic heterocycles. The molecule has 0 aromatic carbocycles. The molecule has 0 saturated carbocycles. The first-order chi connectivity index (χ1) is 8.10. The maximum absolute atomic E-state index is 9.06. The minimum atomic E-state index is -0.127. The number of nitrogens with two attached hydrogens (primary N) is 1. The maximum Gasteiger partial charge on any atom is 0.180 e. The van der Waals surface area contributed by atoms with E-state index < -0.39 is 0 Å². The summed E-state index contributed by atoms with van der Waals surface area (Å²) < 4.78 is 0. The lowest BCUT2D eigenvalue weighted by Crippen LogP contribution is -2.02. The van der Waals surface area contributed by atoms with Gasteiger partial charge in [0, 0.05) is 11.4 Å². The molecule has 3 N–H and O–H groups in total. The Labute approximate surface area is 99.4 Å². The van der Waals surface area contributed by atoms with E-state index in [0.717, 1.165) is 11.4 Å². The molecular weight excluding hydrogens is 216 g/mol. The summed E-state index contributed by atoms with van der Waals surface area (Å²) in [5, 5.41) is 9.06. The van der Waals surface area contributed by atoms with Crippen molar-refractivity contribution in [2.45, 2.75) is 20.5 Å². The van der Waals surface area contributed by atoms with Gasteiger partial charge in [-0.1, -0.05) is 0 Å². The van der Waals surface area contributed by atoms with Gasteiger partial charge in [0.25, 0.3) is 0 Å². The highest BCUT2D eigenvalue weighted by atomic mass is 16.3. The van der Waals surface area contributed by atoms with Crippen LogP contribution in [0.25, 0.3) is 11.5 Å². The van der Waals surface area contributed by atoms with Crippen molar-refractivity contribution in [2.24, 2.45) is 0 Å². The number of hydrogen-bond donors (Lipinski definition) is 2. The van der Waals surface area contributed by atoms with Crippen molar-refractivity contribution < 1.29 is 5.11 Å². The molecular formula is C12H14N4O. The zero-order valence-electron chi connectivity index (χ0n) is 9.81. The van der Waals surface area contributed by atoms with Gasteiger partial charge in [0.15, 0.2) is 5.82 Å². The molecule has 17 heavy (non-hydrogen) atoms. The van der Waals surface area contributed by atoms with Gasteiger partial charge in [0.05, 0.1) is 18.0 Å². The zero-order chi connectivity index (χ0) is 12.4. The lowest BCUT2D eigenvalue weighted by Gasteiger charge is -2.07. The van der Waals surface area contributed by atoms with Gasteiger partial charge < -0.3 is 10.8 Å². The van der Waals surface area contributed by atoms with Gasteiger partial charge in [-0.15, -0.1) is 0 Å². The largest absolute Gasteiger partial charge is 0.397 e. The van der Waals surface area contributed by atoms with Crippen LogP contribution in [-0.4, -0.2) is 20.1 Å². The number of rotatable bonds is 2. The van der Waals surface area contributed by atoms with Gasteiger partial charge in [0.1, 0.15) is 5.69 Å². The molecule has 88 valence electrons. The number of aromatic nitrogens is 3. The molecule has 0 atom stereocenters. The van der Waals surface area contributed by atoms with Gasteiger partial charge >= 0.3 is 0 Å². The van der Waals surface area contributed by atoms with Crippen molar-refractivity contribution >= 4 is 5.69 Å². The summed E-state index contributed by atoms with van der Waals surface area (Å²) >= 11 is 0. The van der Waals surface area contributed by atoms with Crippen LogP contribution >= 0.6 is 0 Å². The number of aliphatic hydroxyl groups is 1. The van der Waals surface area contributed by atoms with Crippen molar-refractivity contribution in [1.29, 1.82) is 0 Å². The van der Waals surface area contributed by atoms with E-state index in [1.807, 2.05) is 19.9 Å². The van der Waals surface area contributed by atoms with E-state index >= 15 is 0 Å². The van der Waals surface area contributed by atoms with E-state index in [1.165, 1.54) is 0 Å². The standard InChI is InChI=1S/C12H14N4O/c1-7-5-8(2)15-12(14-7)11-10(13)4-3-9(6-17)16-11/h3-5,17H,6,13H2,1-2H3. The summed E-state index contributed by atoms with van der Waals surface area (Å²) in [5.41, 5.74) is 9.16. The Morgan fingerprint density at radius 3 is 2.35 bits per heavy atom. The fraction of sp³-hybridized carbons (Fsp3) is 0.250. The van der Waals surface area contributed by atoms with E-state index in [1.54, 1.807) is 12.1 Å². The fourth-order valence-corrected chi connectivity index (χ4v) is 1.61. The van der Waals surface area contributed by atoms with E-state index in [2.05, 4.69) is 15.0 Å². The van der Waals surface area contributed by atoms with E-state index in [4.69, 9.17) is 10.8 Å². The molecule has 0 aliphatic carbocycles. The van der Waals surface area contributed by atoms with Crippen LogP contribution in [0.15, 0.2) is 18.2 Å². The lowest BCUT2D eigenvalue weighted by atomic mass is 10.2. The SMILES string of the molecule is Cc1cc(C)nc(-c2nc(CO)ccc2N)n1. The average molecular weight is 230 g/mol. The molecule has 5 heteroatoms. The highest BCUT2D eigenvalue weighted by molar-refractivity contribution is 5.67. The van der Waals surface area contributed by atoms with Crippen LogP contribution < -0.4 is 5.73 Å². The molecule has 0 aliphatic rings. The third-order valence-corrected chi connectivity index (χ3v) is 2.34.